The smallest absolute Gasteiger partial charge is 0.313 e. The van der Waals surface area contributed by atoms with Crippen molar-refractivity contribution in [3.8, 4) is 0 Å². The van der Waals surface area contributed by atoms with E-state index in [4.69, 9.17) is 4.74 Å². The van der Waals surface area contributed by atoms with Crippen molar-refractivity contribution in [3.63, 3.8) is 0 Å². The first-order valence-corrected chi connectivity index (χ1v) is 8.01. The van der Waals surface area contributed by atoms with Crippen molar-refractivity contribution in [1.82, 2.24) is 4.90 Å². The number of methoxy groups -OCH3 is 1. The highest BCUT2D eigenvalue weighted by Gasteiger charge is 2.46. The van der Waals surface area contributed by atoms with Crippen LogP contribution in [0.25, 0.3) is 0 Å². The molecule has 132 valence electrons. The van der Waals surface area contributed by atoms with Gasteiger partial charge >= 0.3 is 5.97 Å². The Morgan fingerprint density at radius 1 is 1.42 bits per heavy atom. The molecule has 1 saturated heterocycles. The SMILES string of the molecule is COCC1(C(=O)O)CCCN(C(=O)C(C)(C)c2cccc(F)c2)C1. The lowest BCUT2D eigenvalue weighted by Crippen LogP contribution is -2.55. The number of halogens is 1. The Bertz CT molecular complexity index is 627. The quantitative estimate of drug-likeness (QED) is 0.896. The van der Waals surface area contributed by atoms with Crippen LogP contribution in [0.15, 0.2) is 24.3 Å². The van der Waals surface area contributed by atoms with Gasteiger partial charge in [-0.25, -0.2) is 4.39 Å². The maximum atomic E-state index is 13.5. The van der Waals surface area contributed by atoms with Gasteiger partial charge in [-0.15, -0.1) is 0 Å². The van der Waals surface area contributed by atoms with Gasteiger partial charge in [-0.1, -0.05) is 12.1 Å². The number of piperidine rings is 1. The number of carbonyl (C=O) groups excluding carboxylic acids is 1. The van der Waals surface area contributed by atoms with Gasteiger partial charge in [-0.3, -0.25) is 9.59 Å². The minimum atomic E-state index is -1.08. The number of carboxylic acid groups (broad SMARTS) is 1. The summed E-state index contributed by atoms with van der Waals surface area (Å²) in [7, 11) is 1.46. The molecule has 5 nitrogen and oxygen atoms in total. The van der Waals surface area contributed by atoms with E-state index in [1.165, 1.54) is 19.2 Å². The first-order valence-electron chi connectivity index (χ1n) is 8.01. The van der Waals surface area contributed by atoms with E-state index >= 15 is 0 Å². The number of rotatable bonds is 5. The van der Waals surface area contributed by atoms with Crippen molar-refractivity contribution in [2.75, 3.05) is 26.8 Å². The van der Waals surface area contributed by atoms with Crippen LogP contribution in [0, 0.1) is 11.2 Å². The van der Waals surface area contributed by atoms with Crippen molar-refractivity contribution >= 4 is 11.9 Å². The molecule has 1 unspecified atom stereocenters. The van der Waals surface area contributed by atoms with E-state index in [0.717, 1.165) is 0 Å². The fourth-order valence-corrected chi connectivity index (χ4v) is 3.33. The third-order valence-electron chi connectivity index (χ3n) is 4.82. The van der Waals surface area contributed by atoms with Crippen molar-refractivity contribution in [2.24, 2.45) is 5.41 Å². The fourth-order valence-electron chi connectivity index (χ4n) is 3.33. The van der Waals surface area contributed by atoms with Crippen LogP contribution in [0.2, 0.25) is 0 Å². The Kier molecular flexibility index (Phi) is 5.28. The molecule has 0 saturated carbocycles. The summed E-state index contributed by atoms with van der Waals surface area (Å²) in [5.41, 5.74) is -1.44. The maximum absolute atomic E-state index is 13.5. The van der Waals surface area contributed by atoms with Crippen LogP contribution < -0.4 is 0 Å². The Morgan fingerprint density at radius 3 is 2.71 bits per heavy atom. The maximum Gasteiger partial charge on any atom is 0.313 e. The minimum Gasteiger partial charge on any atom is -0.481 e. The molecule has 0 aliphatic carbocycles. The first kappa shape index (κ1) is 18.4. The number of hydrogen-bond donors (Lipinski definition) is 1. The zero-order valence-corrected chi connectivity index (χ0v) is 14.3. The summed E-state index contributed by atoms with van der Waals surface area (Å²) in [6.07, 6.45) is 1.07. The highest BCUT2D eigenvalue weighted by molar-refractivity contribution is 5.88. The molecule has 1 aromatic carbocycles. The Hall–Kier alpha value is -1.95. The minimum absolute atomic E-state index is 0.0620. The molecule has 1 heterocycles. The zero-order chi connectivity index (χ0) is 18.0. The van der Waals surface area contributed by atoms with E-state index in [9.17, 15) is 19.1 Å². The van der Waals surface area contributed by atoms with Gasteiger partial charge in [0.2, 0.25) is 5.91 Å². The number of ether oxygens (including phenoxy) is 1. The molecule has 0 aromatic heterocycles. The van der Waals surface area contributed by atoms with Crippen molar-refractivity contribution in [1.29, 1.82) is 0 Å². The standard InChI is InChI=1S/C18H24FNO4/c1-17(2,13-6-4-7-14(19)10-13)15(21)20-9-5-8-18(11-20,12-24-3)16(22)23/h4,6-7,10H,5,8-9,11-12H2,1-3H3,(H,22,23). The van der Waals surface area contributed by atoms with Crippen LogP contribution in [0.3, 0.4) is 0 Å². The lowest BCUT2D eigenvalue weighted by Gasteiger charge is -2.42. The molecule has 1 amide bonds. The van der Waals surface area contributed by atoms with Crippen molar-refractivity contribution in [3.05, 3.63) is 35.6 Å². The van der Waals surface area contributed by atoms with Gasteiger partial charge in [0.1, 0.15) is 11.2 Å². The first-order chi connectivity index (χ1) is 11.2. The summed E-state index contributed by atoms with van der Waals surface area (Å²) < 4.78 is 18.6. The van der Waals surface area contributed by atoms with E-state index in [-0.39, 0.29) is 19.1 Å². The molecule has 2 rings (SSSR count). The van der Waals surface area contributed by atoms with Gasteiger partial charge in [0.05, 0.1) is 12.0 Å². The van der Waals surface area contributed by atoms with E-state index in [2.05, 4.69) is 0 Å². The third-order valence-corrected chi connectivity index (χ3v) is 4.82. The average molecular weight is 337 g/mol. The van der Waals surface area contributed by atoms with E-state index in [1.807, 2.05) is 0 Å². The topological polar surface area (TPSA) is 66.8 Å². The van der Waals surface area contributed by atoms with Gasteiger partial charge in [0, 0.05) is 20.2 Å². The van der Waals surface area contributed by atoms with Crippen LogP contribution in [-0.4, -0.2) is 48.7 Å². The van der Waals surface area contributed by atoms with Gasteiger partial charge < -0.3 is 14.7 Å². The second-order valence-electron chi connectivity index (χ2n) is 6.98. The number of carbonyl (C=O) groups is 2. The van der Waals surface area contributed by atoms with E-state index < -0.39 is 22.6 Å². The van der Waals surface area contributed by atoms with E-state index in [0.29, 0.717) is 24.9 Å². The molecule has 1 N–H and O–H groups in total. The van der Waals surface area contributed by atoms with Crippen LogP contribution in [0.1, 0.15) is 32.3 Å². The number of nitrogens with zero attached hydrogens (tertiary/aromatic N) is 1. The predicted molar refractivity (Wildman–Crippen MR) is 87.2 cm³/mol. The molecule has 1 aliphatic heterocycles. The Labute approximate surface area is 141 Å². The highest BCUT2D eigenvalue weighted by atomic mass is 19.1. The molecule has 0 spiro atoms. The van der Waals surface area contributed by atoms with Crippen LogP contribution in [0.4, 0.5) is 4.39 Å². The molecular weight excluding hydrogens is 313 g/mol. The molecular formula is C18H24FNO4. The highest BCUT2D eigenvalue weighted by Crippen LogP contribution is 2.34. The number of aliphatic carboxylic acids is 1. The second kappa shape index (κ2) is 6.89. The van der Waals surface area contributed by atoms with E-state index in [1.54, 1.807) is 30.9 Å². The second-order valence-corrected chi connectivity index (χ2v) is 6.98. The number of hydrogen-bond acceptors (Lipinski definition) is 3. The molecule has 24 heavy (non-hydrogen) atoms. The average Bonchev–Trinajstić information content (AvgIpc) is 2.54. The predicted octanol–water partition coefficient (Wildman–Crippen LogP) is 2.44. The van der Waals surface area contributed by atoms with Crippen molar-refractivity contribution < 1.29 is 23.8 Å². The molecule has 1 atom stereocenters. The largest absolute Gasteiger partial charge is 0.481 e. The number of benzene rings is 1. The van der Waals surface area contributed by atoms with Crippen molar-refractivity contribution in [2.45, 2.75) is 32.1 Å². The van der Waals surface area contributed by atoms with Gasteiger partial charge in [-0.05, 0) is 44.4 Å². The number of likely N-dealkylation sites (tertiary alicyclic amines) is 1. The molecule has 0 bridgehead atoms. The zero-order valence-electron chi connectivity index (χ0n) is 14.3. The number of carboxylic acids is 1. The molecule has 0 radical (unpaired) electrons. The summed E-state index contributed by atoms with van der Waals surface area (Å²) in [5, 5.41) is 9.61. The summed E-state index contributed by atoms with van der Waals surface area (Å²) in [5.74, 6) is -1.55. The normalized spacial score (nSPS) is 21.6. The fraction of sp³-hybridized carbons (Fsp3) is 0.556. The lowest BCUT2D eigenvalue weighted by molar-refractivity contribution is -0.160. The van der Waals surface area contributed by atoms with Gasteiger partial charge in [-0.2, -0.15) is 0 Å². The van der Waals surface area contributed by atoms with Crippen LogP contribution in [0.5, 0.6) is 0 Å². The molecule has 1 fully saturated rings. The van der Waals surface area contributed by atoms with Gasteiger partial charge in [0.25, 0.3) is 0 Å². The van der Waals surface area contributed by atoms with Crippen LogP contribution in [-0.2, 0) is 19.7 Å². The Morgan fingerprint density at radius 2 is 2.12 bits per heavy atom. The summed E-state index contributed by atoms with van der Waals surface area (Å²) in [4.78, 5) is 26.3. The summed E-state index contributed by atoms with van der Waals surface area (Å²) in [6.45, 7) is 4.13. The molecule has 1 aliphatic rings. The molecule has 1 aromatic rings. The molecule has 6 heteroatoms. The summed E-state index contributed by atoms with van der Waals surface area (Å²) in [6, 6.07) is 5.97. The van der Waals surface area contributed by atoms with Gasteiger partial charge in [0.15, 0.2) is 0 Å². The Balaban J connectivity index is 2.26. The summed E-state index contributed by atoms with van der Waals surface area (Å²) >= 11 is 0. The van der Waals surface area contributed by atoms with Crippen LogP contribution >= 0.6 is 0 Å². The lowest BCUT2D eigenvalue weighted by atomic mass is 9.78. The monoisotopic (exact) mass is 337 g/mol. The number of amides is 1. The third kappa shape index (κ3) is 3.43.